The summed E-state index contributed by atoms with van der Waals surface area (Å²) in [6, 6.07) is 2.06. The van der Waals surface area contributed by atoms with E-state index in [-0.39, 0.29) is 5.54 Å². The van der Waals surface area contributed by atoms with Crippen molar-refractivity contribution in [2.45, 2.75) is 57.1 Å². The van der Waals surface area contributed by atoms with Crippen LogP contribution in [0.4, 0.5) is 0 Å². The Balaban J connectivity index is 2.32. The van der Waals surface area contributed by atoms with Gasteiger partial charge in [-0.25, -0.2) is 0 Å². The van der Waals surface area contributed by atoms with Gasteiger partial charge in [-0.3, -0.25) is 4.98 Å². The largest absolute Gasteiger partial charge is 0.386 e. The maximum atomic E-state index is 10.9. The standard InChI is InChI=1S/C16H26N2O/c1-13-10-14(12-17-11-13)15(19)16(18(2)3)8-6-4-5-7-9-16/h10-12,15,19H,4-9H2,1-3H3. The van der Waals surface area contributed by atoms with Crippen molar-refractivity contribution in [3.8, 4) is 0 Å². The molecule has 0 spiro atoms. The maximum absolute atomic E-state index is 10.9. The van der Waals surface area contributed by atoms with E-state index in [4.69, 9.17) is 0 Å². The first kappa shape index (κ1) is 14.5. The number of aliphatic hydroxyl groups excluding tert-OH is 1. The summed E-state index contributed by atoms with van der Waals surface area (Å²) in [6.45, 7) is 2.03. The summed E-state index contributed by atoms with van der Waals surface area (Å²) in [5.41, 5.74) is 1.93. The summed E-state index contributed by atoms with van der Waals surface area (Å²) in [6.07, 6.45) is 10.3. The molecule has 1 atom stereocenters. The van der Waals surface area contributed by atoms with Crippen molar-refractivity contribution in [3.05, 3.63) is 29.6 Å². The first-order valence-corrected chi connectivity index (χ1v) is 7.33. The number of aromatic nitrogens is 1. The van der Waals surface area contributed by atoms with Crippen molar-refractivity contribution in [1.29, 1.82) is 0 Å². The highest BCUT2D eigenvalue weighted by Gasteiger charge is 2.40. The van der Waals surface area contributed by atoms with Gasteiger partial charge in [0.15, 0.2) is 0 Å². The maximum Gasteiger partial charge on any atom is 0.0988 e. The quantitative estimate of drug-likeness (QED) is 0.850. The van der Waals surface area contributed by atoms with E-state index in [2.05, 4.69) is 30.0 Å². The minimum atomic E-state index is -0.451. The second-order valence-corrected chi connectivity index (χ2v) is 6.11. The summed E-state index contributed by atoms with van der Waals surface area (Å²) in [4.78, 5) is 6.46. The van der Waals surface area contributed by atoms with Crippen molar-refractivity contribution in [1.82, 2.24) is 9.88 Å². The molecule has 3 heteroatoms. The summed E-state index contributed by atoms with van der Waals surface area (Å²) in [5.74, 6) is 0. The third kappa shape index (κ3) is 2.98. The minimum absolute atomic E-state index is 0.133. The van der Waals surface area contributed by atoms with Gasteiger partial charge in [-0.1, -0.05) is 31.7 Å². The zero-order valence-electron chi connectivity index (χ0n) is 12.4. The number of hydrogen-bond acceptors (Lipinski definition) is 3. The molecule has 0 amide bonds. The molecule has 1 N–H and O–H groups in total. The monoisotopic (exact) mass is 262 g/mol. The third-order valence-corrected chi connectivity index (χ3v) is 4.58. The summed E-state index contributed by atoms with van der Waals surface area (Å²) < 4.78 is 0. The van der Waals surface area contributed by atoms with Crippen LogP contribution in [0.5, 0.6) is 0 Å². The molecule has 0 bridgehead atoms. The molecule has 1 aliphatic rings. The fourth-order valence-corrected chi connectivity index (χ4v) is 3.34. The van der Waals surface area contributed by atoms with E-state index >= 15 is 0 Å². The first-order valence-electron chi connectivity index (χ1n) is 7.33. The van der Waals surface area contributed by atoms with Crippen LogP contribution in [-0.2, 0) is 0 Å². The van der Waals surface area contributed by atoms with Crippen LogP contribution in [0.2, 0.25) is 0 Å². The van der Waals surface area contributed by atoms with Crippen LogP contribution in [0.25, 0.3) is 0 Å². The van der Waals surface area contributed by atoms with Gasteiger partial charge in [0.2, 0.25) is 0 Å². The molecular weight excluding hydrogens is 236 g/mol. The molecule has 1 fully saturated rings. The number of rotatable bonds is 3. The van der Waals surface area contributed by atoms with Gasteiger partial charge in [0.05, 0.1) is 11.6 Å². The van der Waals surface area contributed by atoms with E-state index in [9.17, 15) is 5.11 Å². The second kappa shape index (κ2) is 6.02. The Labute approximate surface area is 116 Å². The van der Waals surface area contributed by atoms with Crippen LogP contribution in [0.3, 0.4) is 0 Å². The van der Waals surface area contributed by atoms with Crippen molar-refractivity contribution in [2.24, 2.45) is 0 Å². The number of aryl methyl sites for hydroxylation is 1. The smallest absolute Gasteiger partial charge is 0.0988 e. The van der Waals surface area contributed by atoms with Crippen LogP contribution >= 0.6 is 0 Å². The second-order valence-electron chi connectivity index (χ2n) is 6.11. The average molecular weight is 262 g/mol. The highest BCUT2D eigenvalue weighted by Crippen LogP contribution is 2.40. The predicted molar refractivity (Wildman–Crippen MR) is 78.1 cm³/mol. The number of nitrogens with zero attached hydrogens (tertiary/aromatic N) is 2. The molecule has 1 aromatic heterocycles. The van der Waals surface area contributed by atoms with E-state index in [0.29, 0.717) is 0 Å². The SMILES string of the molecule is Cc1cncc(C(O)C2(N(C)C)CCCCCC2)c1. The predicted octanol–water partition coefficient (Wildman–Crippen LogP) is 3.08. The lowest BCUT2D eigenvalue weighted by Crippen LogP contribution is -2.49. The van der Waals surface area contributed by atoms with E-state index in [1.54, 1.807) is 0 Å². The van der Waals surface area contributed by atoms with Crippen LogP contribution in [0, 0.1) is 6.92 Å². The Morgan fingerprint density at radius 1 is 1.16 bits per heavy atom. The zero-order valence-corrected chi connectivity index (χ0v) is 12.4. The van der Waals surface area contributed by atoms with Crippen molar-refractivity contribution in [2.75, 3.05) is 14.1 Å². The molecule has 0 saturated heterocycles. The Bertz CT molecular complexity index is 409. The number of likely N-dealkylation sites (N-methyl/N-ethyl adjacent to an activating group) is 1. The summed E-state index contributed by atoms with van der Waals surface area (Å²) >= 11 is 0. The number of aliphatic hydroxyl groups is 1. The fraction of sp³-hybridized carbons (Fsp3) is 0.688. The van der Waals surface area contributed by atoms with Crippen molar-refractivity contribution < 1.29 is 5.11 Å². The van der Waals surface area contributed by atoms with Gasteiger partial charge in [-0.15, -0.1) is 0 Å². The molecule has 1 heterocycles. The number of pyridine rings is 1. The van der Waals surface area contributed by atoms with E-state index in [1.807, 2.05) is 19.3 Å². The highest BCUT2D eigenvalue weighted by molar-refractivity contribution is 5.22. The molecular formula is C16H26N2O. The zero-order chi connectivity index (χ0) is 13.9. The van der Waals surface area contributed by atoms with Gasteiger partial charge in [0.1, 0.15) is 0 Å². The lowest BCUT2D eigenvalue weighted by molar-refractivity contribution is -0.0200. The molecule has 106 valence electrons. The molecule has 0 radical (unpaired) electrons. The van der Waals surface area contributed by atoms with E-state index < -0.39 is 6.10 Å². The van der Waals surface area contributed by atoms with Gasteiger partial charge < -0.3 is 10.0 Å². The molecule has 0 aromatic carbocycles. The van der Waals surface area contributed by atoms with Crippen molar-refractivity contribution in [3.63, 3.8) is 0 Å². The number of hydrogen-bond donors (Lipinski definition) is 1. The van der Waals surface area contributed by atoms with Gasteiger partial charge in [-0.05, 0) is 39.4 Å². The Hall–Kier alpha value is -0.930. The normalized spacial score (nSPS) is 21.1. The van der Waals surface area contributed by atoms with E-state index in [0.717, 1.165) is 24.0 Å². The van der Waals surface area contributed by atoms with Gasteiger partial charge >= 0.3 is 0 Å². The molecule has 1 aliphatic carbocycles. The lowest BCUT2D eigenvalue weighted by Gasteiger charge is -2.43. The van der Waals surface area contributed by atoms with E-state index in [1.165, 1.54) is 25.7 Å². The lowest BCUT2D eigenvalue weighted by atomic mass is 9.80. The summed E-state index contributed by atoms with van der Waals surface area (Å²) in [5, 5.41) is 10.9. The topological polar surface area (TPSA) is 36.4 Å². The van der Waals surface area contributed by atoms with Crippen LogP contribution in [0.15, 0.2) is 18.5 Å². The Morgan fingerprint density at radius 3 is 2.32 bits per heavy atom. The van der Waals surface area contributed by atoms with Crippen LogP contribution in [-0.4, -0.2) is 34.6 Å². The Morgan fingerprint density at radius 2 is 1.79 bits per heavy atom. The molecule has 2 rings (SSSR count). The third-order valence-electron chi connectivity index (χ3n) is 4.58. The van der Waals surface area contributed by atoms with Gasteiger partial charge in [0.25, 0.3) is 0 Å². The fourth-order valence-electron chi connectivity index (χ4n) is 3.34. The molecule has 0 aliphatic heterocycles. The Kier molecular flexibility index (Phi) is 4.58. The summed E-state index contributed by atoms with van der Waals surface area (Å²) in [7, 11) is 4.19. The molecule has 3 nitrogen and oxygen atoms in total. The van der Waals surface area contributed by atoms with Crippen LogP contribution in [0.1, 0.15) is 55.8 Å². The van der Waals surface area contributed by atoms with Crippen molar-refractivity contribution >= 4 is 0 Å². The minimum Gasteiger partial charge on any atom is -0.386 e. The highest BCUT2D eigenvalue weighted by atomic mass is 16.3. The molecule has 1 saturated carbocycles. The molecule has 1 aromatic rings. The first-order chi connectivity index (χ1) is 9.06. The van der Waals surface area contributed by atoms with Gasteiger partial charge in [-0.2, -0.15) is 0 Å². The van der Waals surface area contributed by atoms with Gasteiger partial charge in [0, 0.05) is 18.0 Å². The molecule has 19 heavy (non-hydrogen) atoms. The van der Waals surface area contributed by atoms with Crippen LogP contribution < -0.4 is 0 Å². The average Bonchev–Trinajstić information content (AvgIpc) is 2.64. The molecule has 1 unspecified atom stereocenters.